The van der Waals surface area contributed by atoms with Gasteiger partial charge in [-0.1, -0.05) is 36.4 Å². The molecule has 0 spiro atoms. The lowest BCUT2D eigenvalue weighted by Crippen LogP contribution is -2.27. The molecule has 0 unspecified atom stereocenters. The maximum Gasteiger partial charge on any atom is 0.231 e. The van der Waals surface area contributed by atoms with Gasteiger partial charge in [0.2, 0.25) is 12.7 Å². The van der Waals surface area contributed by atoms with Crippen molar-refractivity contribution in [3.8, 4) is 11.5 Å². The molecule has 0 aromatic heterocycles. The molecule has 23 heavy (non-hydrogen) atoms. The van der Waals surface area contributed by atoms with Crippen LogP contribution in [0.3, 0.4) is 0 Å². The lowest BCUT2D eigenvalue weighted by molar-refractivity contribution is -0.118. The predicted octanol–water partition coefficient (Wildman–Crippen LogP) is 3.01. The van der Waals surface area contributed by atoms with Crippen molar-refractivity contribution >= 4 is 17.7 Å². The summed E-state index contributed by atoms with van der Waals surface area (Å²) in [5.41, 5.74) is 2.37. The zero-order valence-corrected chi connectivity index (χ0v) is 13.6. The molecule has 2 aromatic rings. The second-order valence-electron chi connectivity index (χ2n) is 5.27. The van der Waals surface area contributed by atoms with Gasteiger partial charge in [-0.3, -0.25) is 4.79 Å². The van der Waals surface area contributed by atoms with Crippen molar-refractivity contribution in [2.24, 2.45) is 0 Å². The summed E-state index contributed by atoms with van der Waals surface area (Å²) in [7, 11) is 0. The molecule has 1 aliphatic heterocycles. The molecular formula is C18H19NO3S. The fourth-order valence-corrected chi connectivity index (χ4v) is 3.14. The fourth-order valence-electron chi connectivity index (χ4n) is 2.33. The van der Waals surface area contributed by atoms with Crippen LogP contribution in [0.1, 0.15) is 11.1 Å². The molecule has 0 aliphatic carbocycles. The summed E-state index contributed by atoms with van der Waals surface area (Å²) in [6.45, 7) is 0.961. The first-order valence-electron chi connectivity index (χ1n) is 7.58. The Labute approximate surface area is 140 Å². The summed E-state index contributed by atoms with van der Waals surface area (Å²) in [5, 5.41) is 2.95. The Morgan fingerprint density at radius 3 is 2.74 bits per heavy atom. The van der Waals surface area contributed by atoms with Crippen LogP contribution >= 0.6 is 11.8 Å². The van der Waals surface area contributed by atoms with Crippen LogP contribution in [-0.2, 0) is 17.0 Å². The monoisotopic (exact) mass is 329 g/mol. The molecule has 1 aliphatic rings. The Balaban J connectivity index is 1.34. The zero-order valence-electron chi connectivity index (χ0n) is 12.8. The van der Waals surface area contributed by atoms with Crippen molar-refractivity contribution in [2.75, 3.05) is 19.1 Å². The Kier molecular flexibility index (Phi) is 5.42. The van der Waals surface area contributed by atoms with Gasteiger partial charge in [0.15, 0.2) is 11.5 Å². The van der Waals surface area contributed by atoms with E-state index < -0.39 is 0 Å². The minimum atomic E-state index is 0.0756. The molecule has 4 nitrogen and oxygen atoms in total. The number of benzene rings is 2. The maximum absolute atomic E-state index is 11.8. The van der Waals surface area contributed by atoms with E-state index in [0.717, 1.165) is 29.2 Å². The van der Waals surface area contributed by atoms with E-state index in [9.17, 15) is 4.79 Å². The third-order valence-corrected chi connectivity index (χ3v) is 4.52. The van der Waals surface area contributed by atoms with Crippen LogP contribution in [0.2, 0.25) is 0 Å². The molecule has 5 heteroatoms. The molecule has 1 amide bonds. The molecule has 2 aromatic carbocycles. The van der Waals surface area contributed by atoms with Crippen LogP contribution in [0.15, 0.2) is 48.5 Å². The number of hydrogen-bond donors (Lipinski definition) is 1. The van der Waals surface area contributed by atoms with E-state index in [2.05, 4.69) is 17.4 Å². The van der Waals surface area contributed by atoms with Gasteiger partial charge in [-0.25, -0.2) is 0 Å². The van der Waals surface area contributed by atoms with Gasteiger partial charge >= 0.3 is 0 Å². The van der Waals surface area contributed by atoms with Gasteiger partial charge in [-0.15, -0.1) is 11.8 Å². The van der Waals surface area contributed by atoms with Crippen molar-refractivity contribution in [1.29, 1.82) is 0 Å². The van der Waals surface area contributed by atoms with Crippen LogP contribution < -0.4 is 14.8 Å². The van der Waals surface area contributed by atoms with E-state index in [-0.39, 0.29) is 12.7 Å². The maximum atomic E-state index is 11.8. The topological polar surface area (TPSA) is 47.6 Å². The number of rotatable bonds is 7. The molecule has 0 radical (unpaired) electrons. The van der Waals surface area contributed by atoms with Crippen molar-refractivity contribution in [1.82, 2.24) is 5.32 Å². The number of ether oxygens (including phenoxy) is 2. The smallest absolute Gasteiger partial charge is 0.231 e. The minimum absolute atomic E-state index is 0.0756. The number of carbonyl (C=O) groups is 1. The van der Waals surface area contributed by atoms with Crippen LogP contribution in [-0.4, -0.2) is 25.0 Å². The standard InChI is InChI=1S/C18H19NO3S/c20-18(19-9-8-14-4-2-1-3-5-14)12-23-11-15-6-7-16-17(10-15)22-13-21-16/h1-7,10H,8-9,11-13H2,(H,19,20). The quantitative estimate of drug-likeness (QED) is 0.848. The first-order chi connectivity index (χ1) is 11.3. The van der Waals surface area contributed by atoms with Crippen LogP contribution in [0.25, 0.3) is 0 Å². The molecule has 0 saturated carbocycles. The predicted molar refractivity (Wildman–Crippen MR) is 91.9 cm³/mol. The zero-order chi connectivity index (χ0) is 15.9. The second kappa shape index (κ2) is 7.92. The average Bonchev–Trinajstić information content (AvgIpc) is 3.03. The first kappa shape index (κ1) is 15.7. The molecule has 0 saturated heterocycles. The van der Waals surface area contributed by atoms with E-state index >= 15 is 0 Å². The summed E-state index contributed by atoms with van der Waals surface area (Å²) in [6.07, 6.45) is 0.861. The van der Waals surface area contributed by atoms with Crippen molar-refractivity contribution < 1.29 is 14.3 Å². The number of amides is 1. The summed E-state index contributed by atoms with van der Waals surface area (Å²) < 4.78 is 10.6. The van der Waals surface area contributed by atoms with Crippen LogP contribution in [0.5, 0.6) is 11.5 Å². The van der Waals surface area contributed by atoms with E-state index in [0.29, 0.717) is 12.3 Å². The van der Waals surface area contributed by atoms with Crippen LogP contribution in [0, 0.1) is 0 Å². The molecule has 3 rings (SSSR count). The van der Waals surface area contributed by atoms with Gasteiger partial charge < -0.3 is 14.8 Å². The normalized spacial score (nSPS) is 12.2. The summed E-state index contributed by atoms with van der Waals surface area (Å²) in [6, 6.07) is 16.1. The van der Waals surface area contributed by atoms with E-state index in [1.807, 2.05) is 36.4 Å². The Morgan fingerprint density at radius 1 is 1.04 bits per heavy atom. The second-order valence-corrected chi connectivity index (χ2v) is 6.25. The van der Waals surface area contributed by atoms with Gasteiger partial charge in [0.1, 0.15) is 0 Å². The average molecular weight is 329 g/mol. The van der Waals surface area contributed by atoms with E-state index in [1.54, 1.807) is 11.8 Å². The molecule has 0 fully saturated rings. The first-order valence-corrected chi connectivity index (χ1v) is 8.73. The van der Waals surface area contributed by atoms with Crippen molar-refractivity contribution in [3.05, 3.63) is 59.7 Å². The molecule has 0 bridgehead atoms. The Bertz CT molecular complexity index is 661. The SMILES string of the molecule is O=C(CSCc1ccc2c(c1)OCO2)NCCc1ccccc1. The van der Waals surface area contributed by atoms with E-state index in [4.69, 9.17) is 9.47 Å². The lowest BCUT2D eigenvalue weighted by atomic mass is 10.1. The highest BCUT2D eigenvalue weighted by molar-refractivity contribution is 7.99. The van der Waals surface area contributed by atoms with Gasteiger partial charge in [-0.05, 0) is 29.7 Å². The largest absolute Gasteiger partial charge is 0.454 e. The van der Waals surface area contributed by atoms with Gasteiger partial charge in [0, 0.05) is 12.3 Å². The number of thioether (sulfide) groups is 1. The van der Waals surface area contributed by atoms with Gasteiger partial charge in [-0.2, -0.15) is 0 Å². The summed E-state index contributed by atoms with van der Waals surface area (Å²) in [5.74, 6) is 2.89. The Hall–Kier alpha value is -2.14. The van der Waals surface area contributed by atoms with Crippen LogP contribution in [0.4, 0.5) is 0 Å². The Morgan fingerprint density at radius 2 is 1.87 bits per heavy atom. The molecule has 0 atom stereocenters. The third kappa shape index (κ3) is 4.66. The molecule has 1 N–H and O–H groups in total. The van der Waals surface area contributed by atoms with Crippen molar-refractivity contribution in [3.63, 3.8) is 0 Å². The highest BCUT2D eigenvalue weighted by atomic mass is 32.2. The minimum Gasteiger partial charge on any atom is -0.454 e. The summed E-state index contributed by atoms with van der Waals surface area (Å²) >= 11 is 1.60. The number of nitrogens with one attached hydrogen (secondary N) is 1. The highest BCUT2D eigenvalue weighted by Gasteiger charge is 2.13. The fraction of sp³-hybridized carbons (Fsp3) is 0.278. The van der Waals surface area contributed by atoms with Crippen molar-refractivity contribution in [2.45, 2.75) is 12.2 Å². The third-order valence-electron chi connectivity index (χ3n) is 3.52. The molecular weight excluding hydrogens is 310 g/mol. The number of fused-ring (bicyclic) bond motifs is 1. The number of hydrogen-bond acceptors (Lipinski definition) is 4. The highest BCUT2D eigenvalue weighted by Crippen LogP contribution is 2.33. The summed E-state index contributed by atoms with van der Waals surface area (Å²) in [4.78, 5) is 11.8. The number of carbonyl (C=O) groups excluding carboxylic acids is 1. The van der Waals surface area contributed by atoms with Gasteiger partial charge in [0.25, 0.3) is 0 Å². The molecule has 1 heterocycles. The molecule has 120 valence electrons. The van der Waals surface area contributed by atoms with Gasteiger partial charge in [0.05, 0.1) is 5.75 Å². The lowest BCUT2D eigenvalue weighted by Gasteiger charge is -2.06. The van der Waals surface area contributed by atoms with E-state index in [1.165, 1.54) is 5.56 Å².